The van der Waals surface area contributed by atoms with Gasteiger partial charge in [0.25, 0.3) is 5.56 Å². The molecule has 8 rings (SSSR count). The number of amides is 3. The van der Waals surface area contributed by atoms with Gasteiger partial charge in [-0.2, -0.15) is 5.10 Å². The third kappa shape index (κ3) is 7.21. The maximum atomic E-state index is 13.8. The van der Waals surface area contributed by atoms with Crippen molar-refractivity contribution in [3.63, 3.8) is 0 Å². The van der Waals surface area contributed by atoms with Crippen LogP contribution in [0.4, 0.5) is 5.69 Å². The lowest BCUT2D eigenvalue weighted by Gasteiger charge is -2.43. The van der Waals surface area contributed by atoms with Crippen LogP contribution >= 0.6 is 0 Å². The summed E-state index contributed by atoms with van der Waals surface area (Å²) >= 11 is 0. The average Bonchev–Trinajstić information content (AvgIpc) is 3.76. The molecular formula is C42H51N7O6. The van der Waals surface area contributed by atoms with Crippen molar-refractivity contribution >= 4 is 34.3 Å². The predicted molar refractivity (Wildman–Crippen MR) is 209 cm³/mol. The first-order chi connectivity index (χ1) is 26.6. The van der Waals surface area contributed by atoms with Crippen LogP contribution in [0.3, 0.4) is 0 Å². The van der Waals surface area contributed by atoms with Gasteiger partial charge in [-0.1, -0.05) is 12.1 Å². The number of hydrogen-bond acceptors (Lipinski definition) is 9. The van der Waals surface area contributed by atoms with Gasteiger partial charge < -0.3 is 23.8 Å². The van der Waals surface area contributed by atoms with Crippen LogP contribution in [0.2, 0.25) is 0 Å². The second kappa shape index (κ2) is 14.8. The summed E-state index contributed by atoms with van der Waals surface area (Å²) in [6.07, 6.45) is 9.81. The highest BCUT2D eigenvalue weighted by molar-refractivity contribution is 5.98. The number of rotatable bonds is 10. The van der Waals surface area contributed by atoms with Crippen LogP contribution in [-0.4, -0.2) is 94.8 Å². The Kier molecular flexibility index (Phi) is 9.91. The fourth-order valence-corrected chi connectivity index (χ4v) is 9.13. The summed E-state index contributed by atoms with van der Waals surface area (Å²) < 4.78 is 13.5. The summed E-state index contributed by atoms with van der Waals surface area (Å²) in [5, 5.41) is 10.2. The molecule has 1 spiro atoms. The van der Waals surface area contributed by atoms with E-state index in [2.05, 4.69) is 55.3 Å². The van der Waals surface area contributed by atoms with Crippen molar-refractivity contribution in [2.24, 2.45) is 18.9 Å². The van der Waals surface area contributed by atoms with E-state index in [4.69, 9.17) is 9.47 Å². The van der Waals surface area contributed by atoms with Crippen molar-refractivity contribution in [1.29, 1.82) is 0 Å². The highest BCUT2D eigenvalue weighted by atomic mass is 16.5. The maximum Gasteiger partial charge on any atom is 0.276 e. The Balaban J connectivity index is 0.874. The summed E-state index contributed by atoms with van der Waals surface area (Å²) in [7, 11) is 5.08. The number of ether oxygens (including phenoxy) is 2. The van der Waals surface area contributed by atoms with E-state index >= 15 is 0 Å². The summed E-state index contributed by atoms with van der Waals surface area (Å²) in [6.45, 7) is 6.84. The average molecular weight is 750 g/mol. The molecule has 4 fully saturated rings. The molecule has 13 heteroatoms. The lowest BCUT2D eigenvalue weighted by molar-refractivity contribution is -0.137. The standard InChI is InChI=1S/C42H51N7O6/c1-26-17-28(18-29-6-8-37(50)44-40(29)52)5-7-34(26)47-13-9-27(10-14-47)19-38(51)48-15-16-49(42(25-48)11-12-42)24-33-35(54-3)20-30(21-36(33)55-4)32-23-46(2)41(53)39-31(32)22-43-45-39/h5,7,17,20-23,27,29H,6,8-16,18-19,24-25H2,1-4H3,(H,43,45)(H,44,50,52). The molecule has 4 aromatic rings. The summed E-state index contributed by atoms with van der Waals surface area (Å²) in [6, 6.07) is 10.5. The van der Waals surface area contributed by atoms with Gasteiger partial charge in [-0.25, -0.2) is 0 Å². The number of methoxy groups -OCH3 is 2. The van der Waals surface area contributed by atoms with Crippen molar-refractivity contribution in [1.82, 2.24) is 29.9 Å². The normalized spacial score (nSPS) is 20.3. The van der Waals surface area contributed by atoms with Crippen LogP contribution in [0, 0.1) is 18.8 Å². The highest BCUT2D eigenvalue weighted by Crippen LogP contribution is 2.47. The Morgan fingerprint density at radius 3 is 2.40 bits per heavy atom. The van der Waals surface area contributed by atoms with Crippen molar-refractivity contribution < 1.29 is 23.9 Å². The summed E-state index contributed by atoms with van der Waals surface area (Å²) in [5.74, 6) is 1.57. The minimum Gasteiger partial charge on any atom is -0.496 e. The van der Waals surface area contributed by atoms with Gasteiger partial charge in [-0.3, -0.25) is 34.5 Å². The number of imide groups is 1. The maximum absolute atomic E-state index is 13.8. The van der Waals surface area contributed by atoms with Gasteiger partial charge in [-0.05, 0) is 86.3 Å². The number of benzene rings is 2. The number of H-pyrrole nitrogens is 1. The van der Waals surface area contributed by atoms with Crippen LogP contribution in [0.15, 0.2) is 47.5 Å². The Hall–Kier alpha value is -5.17. The van der Waals surface area contributed by atoms with Crippen molar-refractivity contribution in [3.05, 3.63) is 69.8 Å². The van der Waals surface area contributed by atoms with Crippen molar-refractivity contribution in [2.45, 2.75) is 70.4 Å². The van der Waals surface area contributed by atoms with Gasteiger partial charge in [0.15, 0.2) is 0 Å². The number of carbonyl (C=O) groups excluding carboxylic acids is 3. The van der Waals surface area contributed by atoms with E-state index in [0.717, 1.165) is 91.0 Å². The van der Waals surface area contributed by atoms with Gasteiger partial charge in [0, 0.05) is 93.4 Å². The number of carbonyl (C=O) groups is 3. The molecule has 2 N–H and O–H groups in total. The number of piperazine rings is 1. The Bertz CT molecular complexity index is 2170. The number of anilines is 1. The van der Waals surface area contributed by atoms with E-state index in [0.29, 0.717) is 50.2 Å². The molecule has 5 heterocycles. The molecule has 13 nitrogen and oxygen atoms in total. The van der Waals surface area contributed by atoms with E-state index in [1.54, 1.807) is 32.0 Å². The zero-order valence-electron chi connectivity index (χ0n) is 32.3. The second-order valence-electron chi connectivity index (χ2n) is 16.0. The number of hydrogen-bond donors (Lipinski definition) is 2. The largest absolute Gasteiger partial charge is 0.496 e. The minimum absolute atomic E-state index is 0.0332. The fourth-order valence-electron chi connectivity index (χ4n) is 9.13. The molecule has 0 radical (unpaired) electrons. The third-order valence-corrected chi connectivity index (χ3v) is 12.5. The molecule has 3 amide bonds. The molecule has 3 aliphatic heterocycles. The van der Waals surface area contributed by atoms with E-state index in [-0.39, 0.29) is 34.7 Å². The zero-order valence-corrected chi connectivity index (χ0v) is 32.3. The van der Waals surface area contributed by atoms with Gasteiger partial charge in [0.1, 0.15) is 17.0 Å². The molecule has 1 saturated carbocycles. The number of piperidine rings is 2. The van der Waals surface area contributed by atoms with E-state index in [1.807, 2.05) is 18.3 Å². The molecule has 1 aliphatic carbocycles. The molecule has 2 aromatic carbocycles. The second-order valence-corrected chi connectivity index (χ2v) is 16.0. The van der Waals surface area contributed by atoms with Gasteiger partial charge in [0.2, 0.25) is 17.7 Å². The first-order valence-corrected chi connectivity index (χ1v) is 19.5. The van der Waals surface area contributed by atoms with Crippen LogP contribution in [0.25, 0.3) is 22.0 Å². The lowest BCUT2D eigenvalue weighted by Crippen LogP contribution is -2.56. The minimum atomic E-state index is -0.178. The highest BCUT2D eigenvalue weighted by Gasteiger charge is 2.52. The van der Waals surface area contributed by atoms with Crippen LogP contribution in [0.1, 0.15) is 61.6 Å². The number of aromatic amines is 1. The molecule has 0 bridgehead atoms. The molecular weight excluding hydrogens is 699 g/mol. The van der Waals surface area contributed by atoms with Gasteiger partial charge in [-0.15, -0.1) is 0 Å². The van der Waals surface area contributed by atoms with Crippen molar-refractivity contribution in [3.8, 4) is 22.6 Å². The molecule has 2 aromatic heterocycles. The molecule has 290 valence electrons. The zero-order chi connectivity index (χ0) is 38.4. The number of pyridine rings is 1. The SMILES string of the molecule is COc1cc(-c2cn(C)c(=O)c3[nH]ncc23)cc(OC)c1CN1CCN(C(=O)CC2CCN(c3ccc(CC4CCC(=O)NC4=O)cc3C)CC2)CC12CC2. The molecule has 55 heavy (non-hydrogen) atoms. The van der Waals surface area contributed by atoms with E-state index in [9.17, 15) is 19.2 Å². The van der Waals surface area contributed by atoms with Crippen LogP contribution in [-0.2, 0) is 34.4 Å². The van der Waals surface area contributed by atoms with E-state index in [1.165, 1.54) is 11.3 Å². The molecule has 1 unspecified atom stereocenters. The van der Waals surface area contributed by atoms with Crippen molar-refractivity contribution in [2.75, 3.05) is 51.8 Å². The van der Waals surface area contributed by atoms with Gasteiger partial charge >= 0.3 is 0 Å². The third-order valence-electron chi connectivity index (χ3n) is 12.5. The number of aryl methyl sites for hydroxylation is 2. The van der Waals surface area contributed by atoms with Crippen LogP contribution < -0.4 is 25.2 Å². The Morgan fingerprint density at radius 1 is 0.982 bits per heavy atom. The van der Waals surface area contributed by atoms with Gasteiger partial charge in [0.05, 0.1) is 26.0 Å². The molecule has 1 atom stereocenters. The summed E-state index contributed by atoms with van der Waals surface area (Å²) in [4.78, 5) is 57.3. The molecule has 3 saturated heterocycles. The fraction of sp³-hybridized carbons (Fsp3) is 0.500. The number of aromatic nitrogens is 3. The smallest absolute Gasteiger partial charge is 0.276 e. The van der Waals surface area contributed by atoms with E-state index < -0.39 is 0 Å². The first kappa shape index (κ1) is 36.8. The quantitative estimate of drug-likeness (QED) is 0.227. The number of nitrogens with zero attached hydrogens (tertiary/aromatic N) is 5. The number of fused-ring (bicyclic) bond motifs is 1. The first-order valence-electron chi connectivity index (χ1n) is 19.5. The van der Waals surface area contributed by atoms with Crippen LogP contribution in [0.5, 0.6) is 11.5 Å². The molecule has 4 aliphatic rings. The Morgan fingerprint density at radius 2 is 1.73 bits per heavy atom. The topological polar surface area (TPSA) is 142 Å². The lowest BCUT2D eigenvalue weighted by atomic mass is 9.90. The Labute approximate surface area is 320 Å². The summed E-state index contributed by atoms with van der Waals surface area (Å²) in [5.41, 5.74) is 6.52. The monoisotopic (exact) mass is 749 g/mol. The predicted octanol–water partition coefficient (Wildman–Crippen LogP) is 4.33. The number of nitrogens with one attached hydrogen (secondary N) is 2.